The molecule has 2 aromatic rings. The van der Waals surface area contributed by atoms with Gasteiger partial charge in [-0.3, -0.25) is 4.79 Å². The molecular formula is C14H12F2N2O3. The van der Waals surface area contributed by atoms with Crippen LogP contribution in [0.25, 0.3) is 0 Å². The summed E-state index contributed by atoms with van der Waals surface area (Å²) in [4.78, 5) is 25.5. The fourth-order valence-corrected chi connectivity index (χ4v) is 1.91. The molecule has 110 valence electrons. The van der Waals surface area contributed by atoms with Gasteiger partial charge in [-0.15, -0.1) is 0 Å². The molecule has 0 spiro atoms. The van der Waals surface area contributed by atoms with E-state index in [-0.39, 0.29) is 16.9 Å². The number of hydrogen-bond acceptors (Lipinski definition) is 2. The van der Waals surface area contributed by atoms with Gasteiger partial charge in [0.15, 0.2) is 0 Å². The van der Waals surface area contributed by atoms with E-state index in [4.69, 9.17) is 5.11 Å². The maximum Gasteiger partial charge on any atom is 0.354 e. The number of aromatic nitrogens is 1. The maximum absolute atomic E-state index is 13.9. The van der Waals surface area contributed by atoms with Crippen molar-refractivity contribution in [3.8, 4) is 0 Å². The van der Waals surface area contributed by atoms with Gasteiger partial charge in [-0.25, -0.2) is 13.6 Å². The van der Waals surface area contributed by atoms with Crippen molar-refractivity contribution in [2.45, 2.75) is 13.8 Å². The highest BCUT2D eigenvalue weighted by Crippen LogP contribution is 2.21. The van der Waals surface area contributed by atoms with Crippen LogP contribution in [0.1, 0.15) is 32.1 Å². The number of anilines is 1. The highest BCUT2D eigenvalue weighted by molar-refractivity contribution is 6.07. The van der Waals surface area contributed by atoms with E-state index < -0.39 is 29.1 Å². The van der Waals surface area contributed by atoms with Crippen LogP contribution in [0.5, 0.6) is 0 Å². The van der Waals surface area contributed by atoms with Crippen molar-refractivity contribution in [3.63, 3.8) is 0 Å². The number of hydrogen-bond donors (Lipinski definition) is 3. The van der Waals surface area contributed by atoms with E-state index in [1.165, 1.54) is 19.1 Å². The molecule has 2 rings (SSSR count). The Hall–Kier alpha value is -2.70. The third-order valence-corrected chi connectivity index (χ3v) is 2.93. The molecule has 1 amide bonds. The number of rotatable bonds is 3. The zero-order valence-electron chi connectivity index (χ0n) is 11.3. The largest absolute Gasteiger partial charge is 0.477 e. The number of carbonyl (C=O) groups excluding carboxylic acids is 1. The van der Waals surface area contributed by atoms with E-state index in [9.17, 15) is 18.4 Å². The fourth-order valence-electron chi connectivity index (χ4n) is 1.91. The highest BCUT2D eigenvalue weighted by atomic mass is 19.1. The lowest BCUT2D eigenvalue weighted by molar-refractivity contribution is 0.0692. The Morgan fingerprint density at radius 1 is 1.24 bits per heavy atom. The quantitative estimate of drug-likeness (QED) is 0.814. The average molecular weight is 294 g/mol. The molecule has 0 bridgehead atoms. The summed E-state index contributed by atoms with van der Waals surface area (Å²) in [6.07, 6.45) is 0. The Morgan fingerprint density at radius 3 is 2.52 bits per heavy atom. The smallest absolute Gasteiger partial charge is 0.354 e. The number of halogens is 2. The average Bonchev–Trinajstić information content (AvgIpc) is 2.75. The van der Waals surface area contributed by atoms with Crippen molar-refractivity contribution in [1.82, 2.24) is 4.98 Å². The number of carbonyl (C=O) groups is 2. The molecule has 1 aromatic heterocycles. The molecule has 0 saturated carbocycles. The monoisotopic (exact) mass is 294 g/mol. The topological polar surface area (TPSA) is 82.2 Å². The number of aromatic carboxylic acids is 1. The molecule has 21 heavy (non-hydrogen) atoms. The summed E-state index contributed by atoms with van der Waals surface area (Å²) in [7, 11) is 0. The van der Waals surface area contributed by atoms with Gasteiger partial charge in [0.2, 0.25) is 0 Å². The number of nitrogens with one attached hydrogen (secondary N) is 2. The van der Waals surface area contributed by atoms with Gasteiger partial charge >= 0.3 is 5.97 Å². The minimum atomic E-state index is -1.29. The SMILES string of the molecule is Cc1cc(NC(=O)c2c(F)ccc(C)c2F)c(C(=O)O)[nH]1. The van der Waals surface area contributed by atoms with Crippen molar-refractivity contribution < 1.29 is 23.5 Å². The first kappa shape index (κ1) is 14.7. The number of aromatic amines is 1. The maximum atomic E-state index is 13.9. The molecule has 3 N–H and O–H groups in total. The summed E-state index contributed by atoms with van der Waals surface area (Å²) in [5.74, 6) is -4.32. The van der Waals surface area contributed by atoms with Gasteiger partial charge in [-0.2, -0.15) is 0 Å². The number of H-pyrrole nitrogens is 1. The van der Waals surface area contributed by atoms with Gasteiger partial charge in [0.05, 0.1) is 5.69 Å². The minimum Gasteiger partial charge on any atom is -0.477 e. The number of aryl methyl sites for hydroxylation is 2. The van der Waals surface area contributed by atoms with Gasteiger partial charge < -0.3 is 15.4 Å². The summed E-state index contributed by atoms with van der Waals surface area (Å²) in [5.41, 5.74) is -0.442. The molecule has 0 aliphatic rings. The zero-order valence-corrected chi connectivity index (χ0v) is 11.3. The van der Waals surface area contributed by atoms with Crippen LogP contribution in [0.4, 0.5) is 14.5 Å². The Labute approximate surface area is 118 Å². The van der Waals surface area contributed by atoms with E-state index >= 15 is 0 Å². The third kappa shape index (κ3) is 2.76. The van der Waals surface area contributed by atoms with Gasteiger partial charge in [-0.1, -0.05) is 6.07 Å². The lowest BCUT2D eigenvalue weighted by Crippen LogP contribution is -2.18. The Balaban J connectivity index is 2.40. The Kier molecular flexibility index (Phi) is 3.75. The van der Waals surface area contributed by atoms with Crippen LogP contribution in [-0.4, -0.2) is 22.0 Å². The molecule has 1 heterocycles. The first-order valence-electron chi connectivity index (χ1n) is 6.00. The van der Waals surface area contributed by atoms with Crippen LogP contribution in [0.15, 0.2) is 18.2 Å². The second-order valence-corrected chi connectivity index (χ2v) is 4.55. The molecule has 0 unspecified atom stereocenters. The molecule has 1 aromatic carbocycles. The van der Waals surface area contributed by atoms with E-state index in [0.717, 1.165) is 6.07 Å². The lowest BCUT2D eigenvalue weighted by atomic mass is 10.1. The third-order valence-electron chi connectivity index (χ3n) is 2.93. The van der Waals surface area contributed by atoms with Crippen molar-refractivity contribution in [3.05, 3.63) is 52.3 Å². The molecule has 0 atom stereocenters. The summed E-state index contributed by atoms with van der Waals surface area (Å²) >= 11 is 0. The fraction of sp³-hybridized carbons (Fsp3) is 0.143. The molecule has 0 radical (unpaired) electrons. The molecule has 7 heteroatoms. The molecule has 5 nitrogen and oxygen atoms in total. The first-order valence-corrected chi connectivity index (χ1v) is 6.00. The van der Waals surface area contributed by atoms with Gasteiger partial charge in [0.1, 0.15) is 22.9 Å². The molecule has 0 aliphatic carbocycles. The zero-order chi connectivity index (χ0) is 15.7. The van der Waals surface area contributed by atoms with Crippen LogP contribution in [0.3, 0.4) is 0 Å². The number of benzene rings is 1. The van der Waals surface area contributed by atoms with Crippen molar-refractivity contribution >= 4 is 17.6 Å². The normalized spacial score (nSPS) is 10.5. The minimum absolute atomic E-state index is 0.0506. The first-order chi connectivity index (χ1) is 9.81. The van der Waals surface area contributed by atoms with E-state index in [2.05, 4.69) is 10.3 Å². The summed E-state index contributed by atoms with van der Waals surface area (Å²) in [5, 5.41) is 11.2. The molecule has 0 fully saturated rings. The predicted molar refractivity (Wildman–Crippen MR) is 71.5 cm³/mol. The summed E-state index contributed by atoms with van der Waals surface area (Å²) in [6, 6.07) is 3.56. The highest BCUT2D eigenvalue weighted by Gasteiger charge is 2.22. The summed E-state index contributed by atoms with van der Waals surface area (Å²) < 4.78 is 27.5. The van der Waals surface area contributed by atoms with Crippen molar-refractivity contribution in [2.24, 2.45) is 0 Å². The number of carboxylic acids is 1. The van der Waals surface area contributed by atoms with Crippen LogP contribution < -0.4 is 5.32 Å². The number of carboxylic acid groups (broad SMARTS) is 1. The second-order valence-electron chi connectivity index (χ2n) is 4.55. The Morgan fingerprint density at radius 2 is 1.90 bits per heavy atom. The molecular weight excluding hydrogens is 282 g/mol. The second kappa shape index (κ2) is 5.35. The van der Waals surface area contributed by atoms with Crippen LogP contribution in [0, 0.1) is 25.5 Å². The number of amides is 1. The van der Waals surface area contributed by atoms with Crippen LogP contribution in [-0.2, 0) is 0 Å². The summed E-state index contributed by atoms with van der Waals surface area (Å²) in [6.45, 7) is 2.99. The Bertz CT molecular complexity index is 738. The van der Waals surface area contributed by atoms with Crippen LogP contribution in [0.2, 0.25) is 0 Å². The van der Waals surface area contributed by atoms with E-state index in [1.54, 1.807) is 6.92 Å². The standard InChI is InChI=1S/C14H12F2N2O3/c1-6-3-4-8(15)10(11(6)16)13(19)18-9-5-7(2)17-12(9)14(20)21/h3-5,17H,1-2H3,(H,18,19)(H,20,21). The molecule has 0 saturated heterocycles. The van der Waals surface area contributed by atoms with Crippen molar-refractivity contribution in [2.75, 3.05) is 5.32 Å². The van der Waals surface area contributed by atoms with Gasteiger partial charge in [-0.05, 0) is 31.5 Å². The van der Waals surface area contributed by atoms with Gasteiger partial charge in [0, 0.05) is 5.69 Å². The van der Waals surface area contributed by atoms with Crippen LogP contribution >= 0.6 is 0 Å². The predicted octanol–water partition coefficient (Wildman–Crippen LogP) is 2.86. The van der Waals surface area contributed by atoms with E-state index in [0.29, 0.717) is 5.69 Å². The molecule has 0 aliphatic heterocycles. The van der Waals surface area contributed by atoms with Crippen molar-refractivity contribution in [1.29, 1.82) is 0 Å². The lowest BCUT2D eigenvalue weighted by Gasteiger charge is -2.08. The van der Waals surface area contributed by atoms with E-state index in [1.807, 2.05) is 0 Å². The van der Waals surface area contributed by atoms with Gasteiger partial charge in [0.25, 0.3) is 5.91 Å².